The zero-order valence-corrected chi connectivity index (χ0v) is 12.9. The maximum atomic E-state index is 12.3. The Morgan fingerprint density at radius 1 is 1.36 bits per heavy atom. The van der Waals surface area contributed by atoms with E-state index in [4.69, 9.17) is 15.9 Å². The van der Waals surface area contributed by atoms with E-state index in [0.29, 0.717) is 22.8 Å². The number of fused-ring (bicyclic) bond motifs is 2. The van der Waals surface area contributed by atoms with Crippen molar-refractivity contribution in [2.75, 3.05) is 13.3 Å². The minimum atomic E-state index is -0.411. The number of terminal acetylenes is 1. The number of nitrogens with zero attached hydrogens (tertiary/aromatic N) is 2. The van der Waals surface area contributed by atoms with Crippen molar-refractivity contribution in [3.05, 3.63) is 46.4 Å². The molecule has 0 spiro atoms. The molecule has 2 aromatic heterocycles. The molecule has 0 fully saturated rings. The number of carbonyl (C=O) groups excluding carboxylic acids is 1. The molecule has 25 heavy (non-hydrogen) atoms. The van der Waals surface area contributed by atoms with E-state index in [0.717, 1.165) is 0 Å². The summed E-state index contributed by atoms with van der Waals surface area (Å²) in [5.41, 5.74) is 1.22. The summed E-state index contributed by atoms with van der Waals surface area (Å²) in [6.45, 7) is 0.244. The lowest BCUT2D eigenvalue weighted by Crippen LogP contribution is -2.24. The number of amides is 1. The van der Waals surface area contributed by atoms with Gasteiger partial charge in [-0.05, 0) is 18.2 Å². The third-order valence-corrected chi connectivity index (χ3v) is 3.76. The van der Waals surface area contributed by atoms with Gasteiger partial charge in [-0.25, -0.2) is 9.50 Å². The SMILES string of the molecule is C#CCNC(=O)c1c[nH]n2c(=O)cc(-c3ccc4c(c3)OCO4)nc12. The van der Waals surface area contributed by atoms with Crippen LogP contribution in [0, 0.1) is 12.3 Å². The first-order valence-corrected chi connectivity index (χ1v) is 7.40. The van der Waals surface area contributed by atoms with E-state index in [-0.39, 0.29) is 30.1 Å². The lowest BCUT2D eigenvalue weighted by Gasteiger charge is -2.04. The number of H-pyrrole nitrogens is 1. The molecule has 8 heteroatoms. The number of hydrogen-bond donors (Lipinski definition) is 2. The van der Waals surface area contributed by atoms with Gasteiger partial charge in [0.25, 0.3) is 11.5 Å². The molecular formula is C17H12N4O4. The van der Waals surface area contributed by atoms with Gasteiger partial charge in [-0.2, -0.15) is 0 Å². The zero-order valence-electron chi connectivity index (χ0n) is 12.9. The van der Waals surface area contributed by atoms with Crippen LogP contribution in [0.5, 0.6) is 11.5 Å². The van der Waals surface area contributed by atoms with E-state index in [2.05, 4.69) is 21.3 Å². The number of carbonyl (C=O) groups is 1. The molecule has 8 nitrogen and oxygen atoms in total. The molecule has 1 amide bonds. The van der Waals surface area contributed by atoms with Crippen molar-refractivity contribution in [2.45, 2.75) is 0 Å². The number of aromatic nitrogens is 3. The Labute approximate surface area is 141 Å². The second-order valence-electron chi connectivity index (χ2n) is 5.28. The van der Waals surface area contributed by atoms with Crippen molar-refractivity contribution in [1.29, 1.82) is 0 Å². The summed E-state index contributed by atoms with van der Waals surface area (Å²) >= 11 is 0. The predicted octanol–water partition coefficient (Wildman–Crippen LogP) is 0.781. The van der Waals surface area contributed by atoms with E-state index in [1.54, 1.807) is 18.2 Å². The van der Waals surface area contributed by atoms with Crippen LogP contribution in [-0.2, 0) is 0 Å². The summed E-state index contributed by atoms with van der Waals surface area (Å²) in [7, 11) is 0. The van der Waals surface area contributed by atoms with Crippen molar-refractivity contribution in [1.82, 2.24) is 19.9 Å². The molecule has 1 aromatic carbocycles. The number of rotatable bonds is 3. The average molecular weight is 336 g/mol. The summed E-state index contributed by atoms with van der Waals surface area (Å²) in [5, 5.41) is 5.27. The first-order chi connectivity index (χ1) is 12.2. The maximum Gasteiger partial charge on any atom is 0.273 e. The minimum absolute atomic E-state index is 0.0856. The number of benzene rings is 1. The Morgan fingerprint density at radius 2 is 2.20 bits per heavy atom. The molecule has 124 valence electrons. The fourth-order valence-electron chi connectivity index (χ4n) is 2.58. The predicted molar refractivity (Wildman–Crippen MR) is 88.5 cm³/mol. The van der Waals surface area contributed by atoms with Gasteiger partial charge in [0.15, 0.2) is 17.1 Å². The minimum Gasteiger partial charge on any atom is -0.454 e. The van der Waals surface area contributed by atoms with Gasteiger partial charge in [0.05, 0.1) is 12.2 Å². The van der Waals surface area contributed by atoms with Gasteiger partial charge in [0.2, 0.25) is 6.79 Å². The van der Waals surface area contributed by atoms with Gasteiger partial charge < -0.3 is 14.8 Å². The van der Waals surface area contributed by atoms with Gasteiger partial charge in [-0.1, -0.05) is 5.92 Å². The summed E-state index contributed by atoms with van der Waals surface area (Å²) in [5.74, 6) is 3.13. The molecule has 1 aliphatic rings. The molecule has 0 saturated heterocycles. The lowest BCUT2D eigenvalue weighted by atomic mass is 10.1. The summed E-state index contributed by atoms with van der Waals surface area (Å²) in [6, 6.07) is 6.64. The molecular weight excluding hydrogens is 324 g/mol. The first-order valence-electron chi connectivity index (χ1n) is 7.40. The van der Waals surface area contributed by atoms with Crippen LogP contribution < -0.4 is 20.3 Å². The monoisotopic (exact) mass is 336 g/mol. The van der Waals surface area contributed by atoms with Gasteiger partial charge in [0.1, 0.15) is 5.56 Å². The molecule has 0 atom stereocenters. The fraction of sp³-hybridized carbons (Fsp3) is 0.118. The smallest absolute Gasteiger partial charge is 0.273 e. The molecule has 1 aliphatic heterocycles. The fourth-order valence-corrected chi connectivity index (χ4v) is 2.58. The lowest BCUT2D eigenvalue weighted by molar-refractivity contribution is 0.0960. The van der Waals surface area contributed by atoms with E-state index < -0.39 is 5.91 Å². The Balaban J connectivity index is 1.82. The van der Waals surface area contributed by atoms with E-state index in [9.17, 15) is 9.59 Å². The number of ether oxygens (including phenoxy) is 2. The molecule has 3 aromatic rings. The Kier molecular flexibility index (Phi) is 3.40. The van der Waals surface area contributed by atoms with Crippen LogP contribution in [-0.4, -0.2) is 33.8 Å². The standard InChI is InChI=1S/C17H12N4O4/c1-2-5-18-17(23)11-8-19-21-15(22)7-12(20-16(11)21)10-3-4-13-14(6-10)25-9-24-13/h1,3-4,6-8,19H,5,9H2,(H,18,23). The van der Waals surface area contributed by atoms with Crippen LogP contribution in [0.1, 0.15) is 10.4 Å². The molecule has 0 bridgehead atoms. The first kappa shape index (κ1) is 14.8. The highest BCUT2D eigenvalue weighted by Crippen LogP contribution is 2.35. The molecule has 0 saturated carbocycles. The van der Waals surface area contributed by atoms with Crippen LogP contribution in [0.25, 0.3) is 16.9 Å². The molecule has 2 N–H and O–H groups in total. The van der Waals surface area contributed by atoms with E-state index >= 15 is 0 Å². The van der Waals surface area contributed by atoms with Crippen LogP contribution in [0.3, 0.4) is 0 Å². The number of nitrogens with one attached hydrogen (secondary N) is 2. The third kappa shape index (κ3) is 2.48. The number of hydrogen-bond acceptors (Lipinski definition) is 5. The summed E-state index contributed by atoms with van der Waals surface area (Å²) < 4.78 is 11.8. The number of aromatic amines is 1. The quantitative estimate of drug-likeness (QED) is 0.689. The molecule has 0 radical (unpaired) electrons. The van der Waals surface area contributed by atoms with Crippen LogP contribution in [0.4, 0.5) is 0 Å². The topological polar surface area (TPSA) is 97.7 Å². The van der Waals surface area contributed by atoms with Crippen molar-refractivity contribution in [2.24, 2.45) is 0 Å². The van der Waals surface area contributed by atoms with Crippen LogP contribution in [0.15, 0.2) is 35.3 Å². The average Bonchev–Trinajstić information content (AvgIpc) is 3.25. The second-order valence-corrected chi connectivity index (χ2v) is 5.28. The highest BCUT2D eigenvalue weighted by Gasteiger charge is 2.18. The van der Waals surface area contributed by atoms with Gasteiger partial charge in [-0.15, -0.1) is 6.42 Å². The van der Waals surface area contributed by atoms with Crippen molar-refractivity contribution < 1.29 is 14.3 Å². The highest BCUT2D eigenvalue weighted by molar-refractivity contribution is 5.99. The largest absolute Gasteiger partial charge is 0.454 e. The van der Waals surface area contributed by atoms with Gasteiger partial charge >= 0.3 is 0 Å². The van der Waals surface area contributed by atoms with Gasteiger partial charge in [-0.3, -0.25) is 14.7 Å². The van der Waals surface area contributed by atoms with Crippen molar-refractivity contribution in [3.8, 4) is 35.1 Å². The normalized spacial score (nSPS) is 12.1. The molecule has 4 rings (SSSR count). The van der Waals surface area contributed by atoms with Crippen LogP contribution >= 0.6 is 0 Å². The van der Waals surface area contributed by atoms with Gasteiger partial charge in [0, 0.05) is 17.8 Å². The Bertz CT molecular complexity index is 1090. The molecule has 3 heterocycles. The maximum absolute atomic E-state index is 12.3. The Hall–Kier alpha value is -3.73. The van der Waals surface area contributed by atoms with E-state index in [1.165, 1.54) is 16.8 Å². The van der Waals surface area contributed by atoms with Crippen molar-refractivity contribution >= 4 is 11.6 Å². The summed E-state index contributed by atoms with van der Waals surface area (Å²) in [6.07, 6.45) is 6.56. The molecule has 0 unspecified atom stereocenters. The second kappa shape index (κ2) is 5.72. The Morgan fingerprint density at radius 3 is 3.04 bits per heavy atom. The zero-order chi connectivity index (χ0) is 17.4. The van der Waals surface area contributed by atoms with Crippen molar-refractivity contribution in [3.63, 3.8) is 0 Å². The summed E-state index contributed by atoms with van der Waals surface area (Å²) in [4.78, 5) is 28.9. The molecule has 0 aliphatic carbocycles. The van der Waals surface area contributed by atoms with E-state index in [1.807, 2.05) is 0 Å². The third-order valence-electron chi connectivity index (χ3n) is 3.76. The van der Waals surface area contributed by atoms with Crippen LogP contribution in [0.2, 0.25) is 0 Å². The highest BCUT2D eigenvalue weighted by atomic mass is 16.7.